The van der Waals surface area contributed by atoms with Crippen molar-refractivity contribution in [2.24, 2.45) is 5.92 Å². The van der Waals surface area contributed by atoms with Crippen LogP contribution >= 0.6 is 0 Å². The second-order valence-electron chi connectivity index (χ2n) is 7.90. The molecule has 3 aromatic rings. The molecule has 1 N–H and O–H groups in total. The van der Waals surface area contributed by atoms with E-state index >= 15 is 0 Å². The highest BCUT2D eigenvalue weighted by atomic mass is 19.1. The summed E-state index contributed by atoms with van der Waals surface area (Å²) in [6.45, 7) is 4.52. The lowest BCUT2D eigenvalue weighted by Gasteiger charge is -2.14. The molecule has 1 aromatic heterocycles. The number of aryl methyl sites for hydroxylation is 1. The molecule has 0 radical (unpaired) electrons. The van der Waals surface area contributed by atoms with Gasteiger partial charge in [-0.3, -0.25) is 4.79 Å². The monoisotopic (exact) mass is 454 g/mol. The second kappa shape index (κ2) is 11.3. The van der Waals surface area contributed by atoms with Crippen molar-refractivity contribution in [1.82, 2.24) is 9.97 Å². The van der Waals surface area contributed by atoms with Gasteiger partial charge in [-0.05, 0) is 48.2 Å². The Balaban J connectivity index is 1.82. The Hall–Kier alpha value is -3.68. The molecule has 0 saturated carbocycles. The van der Waals surface area contributed by atoms with Gasteiger partial charge in [0, 0.05) is 12.0 Å². The van der Waals surface area contributed by atoms with E-state index < -0.39 is 11.8 Å². The zero-order valence-corrected chi connectivity index (χ0v) is 18.9. The Kier molecular flexibility index (Phi) is 8.18. The number of carboxylic acid groups (broad SMARTS) is 1. The van der Waals surface area contributed by atoms with E-state index in [1.807, 2.05) is 26.0 Å². The second-order valence-corrected chi connectivity index (χ2v) is 7.90. The minimum Gasteiger partial charge on any atom is -0.497 e. The third-order valence-corrected chi connectivity index (χ3v) is 4.69. The van der Waals surface area contributed by atoms with E-state index in [0.717, 1.165) is 5.56 Å². The van der Waals surface area contributed by atoms with Crippen LogP contribution in [0.25, 0.3) is 11.3 Å². The van der Waals surface area contributed by atoms with Gasteiger partial charge in [-0.2, -0.15) is 0 Å². The third-order valence-electron chi connectivity index (χ3n) is 4.69. The van der Waals surface area contributed by atoms with Crippen LogP contribution in [0, 0.1) is 11.7 Å². The Morgan fingerprint density at radius 2 is 1.94 bits per heavy atom. The van der Waals surface area contributed by atoms with Gasteiger partial charge in [0.25, 0.3) is 0 Å². The normalized spacial score (nSPS) is 10.8. The molecule has 0 bridgehead atoms. The summed E-state index contributed by atoms with van der Waals surface area (Å²) < 4.78 is 31.4. The Bertz CT molecular complexity index is 1100. The molecule has 0 aliphatic rings. The number of nitrogens with zero attached hydrogens (tertiary/aromatic N) is 2. The first-order chi connectivity index (χ1) is 15.9. The SMILES string of the molecule is COc1ccc(F)c(-c2ncc(COc3cccc(CCC(=O)O)c3)nc2OCC(C)C)c1. The van der Waals surface area contributed by atoms with E-state index in [4.69, 9.17) is 19.3 Å². The highest BCUT2D eigenvalue weighted by molar-refractivity contribution is 5.67. The number of benzene rings is 2. The predicted octanol–water partition coefficient (Wildman–Crippen LogP) is 4.92. The van der Waals surface area contributed by atoms with Gasteiger partial charge in [-0.25, -0.2) is 14.4 Å². The van der Waals surface area contributed by atoms with Gasteiger partial charge in [0.1, 0.15) is 35.3 Å². The summed E-state index contributed by atoms with van der Waals surface area (Å²) >= 11 is 0. The number of halogens is 1. The van der Waals surface area contributed by atoms with Crippen molar-refractivity contribution in [3.63, 3.8) is 0 Å². The molecule has 0 aliphatic carbocycles. The predicted molar refractivity (Wildman–Crippen MR) is 121 cm³/mol. The van der Waals surface area contributed by atoms with Gasteiger partial charge in [0.2, 0.25) is 5.88 Å². The average Bonchev–Trinajstić information content (AvgIpc) is 2.81. The first kappa shape index (κ1) is 24.0. The van der Waals surface area contributed by atoms with Crippen LogP contribution in [0.5, 0.6) is 17.4 Å². The maximum atomic E-state index is 14.6. The van der Waals surface area contributed by atoms with Gasteiger partial charge >= 0.3 is 5.97 Å². The number of hydrogen-bond acceptors (Lipinski definition) is 6. The Labute approximate surface area is 192 Å². The van der Waals surface area contributed by atoms with Crippen molar-refractivity contribution in [2.45, 2.75) is 33.3 Å². The standard InChI is InChI=1S/C25H27FN2O5/c1-16(2)14-33-25-24(21-12-19(31-3)8-9-22(21)26)27-13-18(28-25)15-32-20-6-4-5-17(11-20)7-10-23(29)30/h4-6,8-9,11-13,16H,7,10,14-15H2,1-3H3,(H,29,30). The lowest BCUT2D eigenvalue weighted by atomic mass is 10.1. The Morgan fingerprint density at radius 1 is 1.12 bits per heavy atom. The number of hydrogen-bond donors (Lipinski definition) is 1. The number of rotatable bonds is 11. The van der Waals surface area contributed by atoms with Gasteiger partial charge < -0.3 is 19.3 Å². The number of carboxylic acids is 1. The van der Waals surface area contributed by atoms with Crippen molar-refractivity contribution >= 4 is 5.97 Å². The molecule has 0 saturated heterocycles. The van der Waals surface area contributed by atoms with Crippen molar-refractivity contribution < 1.29 is 28.5 Å². The number of carbonyl (C=O) groups is 1. The summed E-state index contributed by atoms with van der Waals surface area (Å²) in [6.07, 6.45) is 1.98. The van der Waals surface area contributed by atoms with Crippen molar-refractivity contribution in [3.8, 4) is 28.6 Å². The van der Waals surface area contributed by atoms with Crippen molar-refractivity contribution in [2.75, 3.05) is 13.7 Å². The molecule has 7 nitrogen and oxygen atoms in total. The van der Waals surface area contributed by atoms with Crippen molar-refractivity contribution in [3.05, 3.63) is 65.7 Å². The fraction of sp³-hybridized carbons (Fsp3) is 0.320. The molecule has 174 valence electrons. The first-order valence-corrected chi connectivity index (χ1v) is 10.6. The number of aromatic nitrogens is 2. The average molecular weight is 454 g/mol. The molecule has 3 rings (SSSR count). The van der Waals surface area contributed by atoms with Crippen LogP contribution in [-0.2, 0) is 17.8 Å². The van der Waals surface area contributed by atoms with Gasteiger partial charge in [0.15, 0.2) is 0 Å². The molecule has 0 atom stereocenters. The van der Waals surface area contributed by atoms with Gasteiger partial charge in [-0.15, -0.1) is 0 Å². The van der Waals surface area contributed by atoms with Gasteiger partial charge in [-0.1, -0.05) is 26.0 Å². The highest BCUT2D eigenvalue weighted by Crippen LogP contribution is 2.32. The first-order valence-electron chi connectivity index (χ1n) is 10.6. The fourth-order valence-electron chi connectivity index (χ4n) is 3.02. The van der Waals surface area contributed by atoms with Gasteiger partial charge in [0.05, 0.1) is 19.9 Å². The van der Waals surface area contributed by atoms with E-state index in [0.29, 0.717) is 30.2 Å². The highest BCUT2D eigenvalue weighted by Gasteiger charge is 2.17. The van der Waals surface area contributed by atoms with Crippen LogP contribution in [0.3, 0.4) is 0 Å². The molecule has 1 heterocycles. The van der Waals surface area contributed by atoms with E-state index in [1.54, 1.807) is 18.2 Å². The topological polar surface area (TPSA) is 90.8 Å². The van der Waals surface area contributed by atoms with E-state index in [2.05, 4.69) is 9.97 Å². The maximum absolute atomic E-state index is 14.6. The number of aliphatic carboxylic acids is 1. The molecule has 0 unspecified atom stereocenters. The van der Waals surface area contributed by atoms with E-state index in [-0.39, 0.29) is 36.1 Å². The molecule has 33 heavy (non-hydrogen) atoms. The van der Waals surface area contributed by atoms with Crippen LogP contribution in [0.2, 0.25) is 0 Å². The summed E-state index contributed by atoms with van der Waals surface area (Å²) in [6, 6.07) is 11.7. The molecule has 2 aromatic carbocycles. The van der Waals surface area contributed by atoms with E-state index in [1.165, 1.54) is 25.4 Å². The minimum absolute atomic E-state index is 0.0494. The lowest BCUT2D eigenvalue weighted by Crippen LogP contribution is -2.10. The van der Waals surface area contributed by atoms with Crippen LogP contribution < -0.4 is 14.2 Å². The maximum Gasteiger partial charge on any atom is 0.303 e. The number of ether oxygens (including phenoxy) is 3. The third kappa shape index (κ3) is 6.90. The summed E-state index contributed by atoms with van der Waals surface area (Å²) in [5, 5.41) is 8.86. The van der Waals surface area contributed by atoms with Crippen LogP contribution in [0.1, 0.15) is 31.5 Å². The largest absolute Gasteiger partial charge is 0.497 e. The summed E-state index contributed by atoms with van der Waals surface area (Å²) in [5.74, 6) is 0.237. The Morgan fingerprint density at radius 3 is 2.67 bits per heavy atom. The molecular weight excluding hydrogens is 427 g/mol. The molecule has 0 fully saturated rings. The van der Waals surface area contributed by atoms with Crippen LogP contribution in [0.4, 0.5) is 4.39 Å². The fourth-order valence-corrected chi connectivity index (χ4v) is 3.02. The molecule has 8 heteroatoms. The summed E-state index contributed by atoms with van der Waals surface area (Å²) in [7, 11) is 1.51. The molecule has 0 spiro atoms. The molecular formula is C25H27FN2O5. The van der Waals surface area contributed by atoms with E-state index in [9.17, 15) is 9.18 Å². The molecule has 0 amide bonds. The minimum atomic E-state index is -0.849. The zero-order valence-electron chi connectivity index (χ0n) is 18.9. The zero-order chi connectivity index (χ0) is 23.8. The lowest BCUT2D eigenvalue weighted by molar-refractivity contribution is -0.136. The smallest absolute Gasteiger partial charge is 0.303 e. The summed E-state index contributed by atoms with van der Waals surface area (Å²) in [4.78, 5) is 19.7. The molecule has 0 aliphatic heterocycles. The quantitative estimate of drug-likeness (QED) is 0.440. The van der Waals surface area contributed by atoms with Crippen LogP contribution in [-0.4, -0.2) is 34.8 Å². The summed E-state index contributed by atoms with van der Waals surface area (Å²) in [5.41, 5.74) is 1.90. The number of methoxy groups -OCH3 is 1. The van der Waals surface area contributed by atoms with Crippen molar-refractivity contribution in [1.29, 1.82) is 0 Å². The van der Waals surface area contributed by atoms with Crippen LogP contribution in [0.15, 0.2) is 48.7 Å².